The number of carbonyl (C=O) groups is 3. The molecular formula is C55H67BrFN9O6S. The number of fused-ring (bicyclic) bond motifs is 5. The van der Waals surface area contributed by atoms with E-state index in [1.54, 1.807) is 32.1 Å². The second-order valence-electron chi connectivity index (χ2n) is 22.4. The summed E-state index contributed by atoms with van der Waals surface area (Å²) in [6.45, 7) is 15.5. The van der Waals surface area contributed by atoms with Crippen LogP contribution in [0.25, 0.3) is 38.2 Å². The molecule has 2 saturated carbocycles. The molecule has 6 aromatic rings. The lowest BCUT2D eigenvalue weighted by atomic mass is 9.85. The smallest absolute Gasteiger partial charge is 0.283 e. The Labute approximate surface area is 437 Å². The summed E-state index contributed by atoms with van der Waals surface area (Å²) in [5.74, 6) is -1.13. The maximum absolute atomic E-state index is 14.9. The number of benzene rings is 3. The number of alkyl halides is 1. The van der Waals surface area contributed by atoms with Gasteiger partial charge in [-0.2, -0.15) is 4.98 Å². The second kappa shape index (κ2) is 20.1. The number of likely N-dealkylation sites (tertiary alicyclic amines) is 1. The molecule has 18 heteroatoms. The summed E-state index contributed by atoms with van der Waals surface area (Å²) in [5, 5.41) is 17.4. The van der Waals surface area contributed by atoms with Crippen molar-refractivity contribution in [3.05, 3.63) is 92.3 Å². The van der Waals surface area contributed by atoms with Crippen molar-refractivity contribution in [3.63, 3.8) is 0 Å². The number of ether oxygens (including phenoxy) is 1. The molecule has 4 fully saturated rings. The minimum atomic E-state index is -1.99. The van der Waals surface area contributed by atoms with Crippen LogP contribution in [0.1, 0.15) is 109 Å². The number of carbonyl (C=O) groups excluding carboxylic acids is 3. The Hall–Kier alpha value is -5.27. The van der Waals surface area contributed by atoms with E-state index in [1.807, 2.05) is 54.9 Å². The summed E-state index contributed by atoms with van der Waals surface area (Å²) in [7, 11) is 0. The Bertz CT molecular complexity index is 3120. The molecule has 73 heavy (non-hydrogen) atoms. The number of β-amino-alcohol motifs (C(OH)–C–C–N with tert-alkyl or cyclic N) is 1. The van der Waals surface area contributed by atoms with Crippen molar-refractivity contribution in [2.45, 2.75) is 134 Å². The summed E-state index contributed by atoms with van der Waals surface area (Å²) in [4.78, 5) is 71.7. The number of nitrogens with one attached hydrogen (secondary N) is 2. The van der Waals surface area contributed by atoms with Crippen LogP contribution < -0.4 is 21.1 Å². The highest BCUT2D eigenvalue weighted by Gasteiger charge is 2.53. The van der Waals surface area contributed by atoms with Crippen LogP contribution in [0.4, 0.5) is 10.1 Å². The van der Waals surface area contributed by atoms with Gasteiger partial charge in [0.25, 0.3) is 11.5 Å². The summed E-state index contributed by atoms with van der Waals surface area (Å²) < 4.78 is 26.9. The zero-order valence-corrected chi connectivity index (χ0v) is 45.0. The molecule has 3 aromatic carbocycles. The van der Waals surface area contributed by atoms with Gasteiger partial charge in [-0.15, -0.1) is 11.3 Å². The normalized spacial score (nSPS) is 20.7. The number of rotatable bonds is 14. The van der Waals surface area contributed by atoms with Gasteiger partial charge in [0, 0.05) is 61.9 Å². The quantitative estimate of drug-likeness (QED) is 0.0967. The fourth-order valence-electron chi connectivity index (χ4n) is 11.3. The Kier molecular flexibility index (Phi) is 14.1. The number of aliphatic hydroxyl groups is 1. The third-order valence-corrected chi connectivity index (χ3v) is 17.0. The zero-order valence-electron chi connectivity index (χ0n) is 42.6. The molecule has 3 aromatic heterocycles. The molecule has 10 rings (SSSR count). The Morgan fingerprint density at radius 3 is 2.40 bits per heavy atom. The highest BCUT2D eigenvalue weighted by molar-refractivity contribution is 9.10. The number of amides is 3. The molecule has 2 aliphatic carbocycles. The van der Waals surface area contributed by atoms with Crippen molar-refractivity contribution in [3.8, 4) is 10.4 Å². The van der Waals surface area contributed by atoms with E-state index in [2.05, 4.69) is 82.4 Å². The molecule has 4 atom stereocenters. The Balaban J connectivity index is 0.851. The first-order chi connectivity index (χ1) is 34.8. The summed E-state index contributed by atoms with van der Waals surface area (Å²) in [5.41, 5.74) is 5.00. The van der Waals surface area contributed by atoms with Crippen molar-refractivity contribution < 1.29 is 28.6 Å². The predicted octanol–water partition coefficient (Wildman–Crippen LogP) is 8.27. The zero-order chi connectivity index (χ0) is 51.6. The number of hydrogen-bond acceptors (Lipinski definition) is 11. The standard InChI is InChI=1S/C55H67BrFN9O6S/c1-33-46(73-32-58-33)35-17-15-34(16-18-35)40(59-48(68)44-28-38(67)29-64(44)50(70)47(53(2,3)4)60-51(71)55(57)21-22-55)30-72-54(5,6)31-62-23-10-24-63(26-25-62)37-19-20-41-43(27-37)65(36-11-7-8-12-36)52-61-49(69)45-39(56)13-9-14-42(45)66(41)52/h9,13-20,27,32,36,38,40,44,47,67H,7-8,10-12,21-26,28-31H2,1-6H3,(H,59,68)(H,60,71)/t38-,40+,44+,47-/m1/s1. The molecule has 3 N–H and O–H groups in total. The van der Waals surface area contributed by atoms with Crippen LogP contribution in [0.3, 0.4) is 0 Å². The van der Waals surface area contributed by atoms with E-state index in [0.717, 1.165) is 107 Å². The molecule has 15 nitrogen and oxygen atoms in total. The van der Waals surface area contributed by atoms with Gasteiger partial charge in [-0.3, -0.25) is 28.5 Å². The van der Waals surface area contributed by atoms with Gasteiger partial charge < -0.3 is 34.8 Å². The van der Waals surface area contributed by atoms with E-state index in [0.29, 0.717) is 17.7 Å². The van der Waals surface area contributed by atoms with Gasteiger partial charge in [-0.05, 0) is 116 Å². The number of halogens is 2. The van der Waals surface area contributed by atoms with Gasteiger partial charge in [-0.25, -0.2) is 9.37 Å². The summed E-state index contributed by atoms with van der Waals surface area (Å²) in [6.07, 6.45) is 4.59. The third kappa shape index (κ3) is 10.4. The first-order valence-electron chi connectivity index (χ1n) is 25.8. The van der Waals surface area contributed by atoms with E-state index in [1.165, 1.54) is 4.90 Å². The van der Waals surface area contributed by atoms with E-state index in [-0.39, 0.29) is 44.0 Å². The number of aryl methyl sites for hydroxylation is 1. The van der Waals surface area contributed by atoms with E-state index >= 15 is 0 Å². The van der Waals surface area contributed by atoms with Crippen molar-refractivity contribution in [1.82, 2.24) is 39.4 Å². The largest absolute Gasteiger partial charge is 0.391 e. The molecule has 4 aliphatic rings. The van der Waals surface area contributed by atoms with Crippen LogP contribution >= 0.6 is 27.3 Å². The predicted molar refractivity (Wildman–Crippen MR) is 287 cm³/mol. The topological polar surface area (TPSA) is 167 Å². The van der Waals surface area contributed by atoms with Crippen molar-refractivity contribution in [1.29, 1.82) is 0 Å². The number of aliphatic hydroxyl groups excluding tert-OH is 1. The highest BCUT2D eigenvalue weighted by Crippen LogP contribution is 2.41. The number of hydrogen-bond donors (Lipinski definition) is 3. The Morgan fingerprint density at radius 2 is 1.70 bits per heavy atom. The van der Waals surface area contributed by atoms with Gasteiger partial charge >= 0.3 is 0 Å². The maximum atomic E-state index is 14.9. The SMILES string of the molecule is Cc1ncsc1-c1ccc([C@H](COC(C)(C)CN2CCCN(c3ccc4c(c3)n(C3CCCC3)c3nc(=O)c5c(Br)cccc5n43)CC2)NC(=O)[C@@H]2C[C@@H](O)CN2C(=O)[C@@H](NC(=O)C2(F)CC2)C(C)(C)C)cc1. The van der Waals surface area contributed by atoms with Gasteiger partial charge in [0.15, 0.2) is 5.67 Å². The molecule has 2 saturated heterocycles. The molecule has 0 bridgehead atoms. The lowest BCUT2D eigenvalue weighted by Crippen LogP contribution is -2.59. The lowest BCUT2D eigenvalue weighted by molar-refractivity contribution is -0.145. The molecule has 0 radical (unpaired) electrons. The molecule has 0 unspecified atom stereocenters. The molecular weight excluding hydrogens is 1010 g/mol. The van der Waals surface area contributed by atoms with Crippen LogP contribution in [0.15, 0.2) is 75.4 Å². The van der Waals surface area contributed by atoms with Crippen LogP contribution in [-0.4, -0.2) is 127 Å². The highest BCUT2D eigenvalue weighted by atomic mass is 79.9. The van der Waals surface area contributed by atoms with Gasteiger partial charge in [-0.1, -0.05) is 63.9 Å². The average molecular weight is 1080 g/mol. The monoisotopic (exact) mass is 1080 g/mol. The van der Waals surface area contributed by atoms with Crippen LogP contribution in [-0.2, 0) is 19.1 Å². The van der Waals surface area contributed by atoms with Crippen molar-refractivity contribution in [2.75, 3.05) is 50.8 Å². The Morgan fingerprint density at radius 1 is 0.945 bits per heavy atom. The maximum Gasteiger partial charge on any atom is 0.283 e. The van der Waals surface area contributed by atoms with E-state index in [9.17, 15) is 28.7 Å². The minimum absolute atomic E-state index is 0.00966. The number of thiazole rings is 1. The molecule has 5 heterocycles. The van der Waals surface area contributed by atoms with Gasteiger partial charge in [0.2, 0.25) is 17.6 Å². The van der Waals surface area contributed by atoms with Crippen molar-refractivity contribution in [2.24, 2.45) is 5.41 Å². The number of imidazole rings is 1. The number of nitrogens with zero attached hydrogens (tertiary/aromatic N) is 7. The van der Waals surface area contributed by atoms with E-state index < -0.39 is 58.6 Å². The number of aromatic nitrogens is 4. The van der Waals surface area contributed by atoms with Gasteiger partial charge in [0.05, 0.1) is 62.4 Å². The van der Waals surface area contributed by atoms with Gasteiger partial charge in [0.1, 0.15) is 12.1 Å². The minimum Gasteiger partial charge on any atom is -0.391 e. The molecule has 3 amide bonds. The first-order valence-corrected chi connectivity index (χ1v) is 27.5. The van der Waals surface area contributed by atoms with E-state index in [4.69, 9.17) is 9.72 Å². The molecule has 0 spiro atoms. The second-order valence-corrected chi connectivity index (χ2v) is 24.1. The fraction of sp³-hybridized carbons (Fsp3) is 0.527. The van der Waals surface area contributed by atoms with Crippen LogP contribution in [0.5, 0.6) is 0 Å². The first kappa shape index (κ1) is 51.2. The number of anilines is 1. The summed E-state index contributed by atoms with van der Waals surface area (Å²) in [6, 6.07) is 18.0. The molecule has 2 aliphatic heterocycles. The van der Waals surface area contributed by atoms with Crippen LogP contribution in [0, 0.1) is 12.3 Å². The van der Waals surface area contributed by atoms with Crippen molar-refractivity contribution >= 4 is 78.4 Å². The average Bonchev–Trinajstić information content (AvgIpc) is 3.70. The van der Waals surface area contributed by atoms with Crippen LogP contribution in [0.2, 0.25) is 0 Å². The third-order valence-electron chi connectivity index (χ3n) is 15.4. The summed E-state index contributed by atoms with van der Waals surface area (Å²) >= 11 is 5.18. The fourth-order valence-corrected chi connectivity index (χ4v) is 12.6. The molecule has 388 valence electrons. The lowest BCUT2D eigenvalue weighted by Gasteiger charge is -2.36.